The molecule has 1 aliphatic carbocycles. The minimum Gasteiger partial charge on any atom is -0.446 e. The summed E-state index contributed by atoms with van der Waals surface area (Å²) in [7, 11) is -3.27. The predicted octanol–water partition coefficient (Wildman–Crippen LogP) is 3.49. The first kappa shape index (κ1) is 20.6. The molecule has 2 heterocycles. The molecule has 4 rings (SSSR count). The molecule has 1 saturated carbocycles. The van der Waals surface area contributed by atoms with Crippen molar-refractivity contribution in [2.45, 2.75) is 56.1 Å². The van der Waals surface area contributed by atoms with Gasteiger partial charge in [0.15, 0.2) is 21.5 Å². The smallest absolute Gasteiger partial charge is 0.407 e. The number of benzene rings is 1. The van der Waals surface area contributed by atoms with E-state index in [1.165, 1.54) is 6.07 Å². The molecule has 10 heteroatoms. The van der Waals surface area contributed by atoms with Crippen molar-refractivity contribution in [3.05, 3.63) is 40.8 Å². The van der Waals surface area contributed by atoms with Crippen molar-refractivity contribution in [2.75, 3.05) is 11.9 Å². The molecule has 0 radical (unpaired) electrons. The summed E-state index contributed by atoms with van der Waals surface area (Å²) < 4.78 is 43.7. The van der Waals surface area contributed by atoms with Crippen molar-refractivity contribution < 1.29 is 22.3 Å². The van der Waals surface area contributed by atoms with E-state index >= 15 is 0 Å². The molecule has 1 aromatic heterocycles. The maximum absolute atomic E-state index is 14.8. The van der Waals surface area contributed by atoms with E-state index in [4.69, 9.17) is 4.74 Å². The number of amides is 1. The zero-order chi connectivity index (χ0) is 21.3. The number of ether oxygens (including phenoxy) is 1. The fourth-order valence-electron chi connectivity index (χ4n) is 4.05. The zero-order valence-corrected chi connectivity index (χ0v) is 17.5. The molecule has 8 nitrogen and oxygen atoms in total. The lowest BCUT2D eigenvalue weighted by atomic mass is 10.0. The normalized spacial score (nSPS) is 21.9. The largest absolute Gasteiger partial charge is 0.446 e. The van der Waals surface area contributed by atoms with Crippen LogP contribution in [0.25, 0.3) is 0 Å². The molecule has 1 amide bonds. The predicted molar refractivity (Wildman–Crippen MR) is 110 cm³/mol. The number of carbonyl (C=O) groups excluding carboxylic acids is 1. The van der Waals surface area contributed by atoms with Crippen molar-refractivity contribution >= 4 is 27.4 Å². The van der Waals surface area contributed by atoms with Crippen LogP contribution >= 0.6 is 0 Å². The topological polar surface area (TPSA) is 113 Å². The highest BCUT2D eigenvalue weighted by atomic mass is 32.2. The lowest BCUT2D eigenvalue weighted by Crippen LogP contribution is -2.28. The molecular formula is C20H25FN4O4S. The number of hydrogen-bond acceptors (Lipinski definition) is 6. The van der Waals surface area contributed by atoms with Gasteiger partial charge in [0.25, 0.3) is 0 Å². The number of aromatic amines is 1. The van der Waals surface area contributed by atoms with Gasteiger partial charge in [-0.2, -0.15) is 5.10 Å². The average molecular weight is 437 g/mol. The Morgan fingerprint density at radius 2 is 2.17 bits per heavy atom. The number of fused-ring (bicyclic) bond motifs is 1. The van der Waals surface area contributed by atoms with E-state index in [1.807, 2.05) is 13.0 Å². The zero-order valence-electron chi connectivity index (χ0n) is 16.7. The Bertz CT molecular complexity index is 1050. The van der Waals surface area contributed by atoms with Crippen LogP contribution in [0.4, 0.5) is 20.7 Å². The van der Waals surface area contributed by atoms with E-state index in [1.54, 1.807) is 6.07 Å². The summed E-state index contributed by atoms with van der Waals surface area (Å²) in [6.07, 6.45) is 2.67. The Morgan fingerprint density at radius 1 is 1.33 bits per heavy atom. The van der Waals surface area contributed by atoms with Gasteiger partial charge in [0.05, 0.1) is 17.2 Å². The molecule has 162 valence electrons. The molecule has 3 N–H and O–H groups in total. The van der Waals surface area contributed by atoms with Crippen molar-refractivity contribution in [2.24, 2.45) is 0 Å². The Balaban J connectivity index is 1.38. The molecule has 30 heavy (non-hydrogen) atoms. The van der Waals surface area contributed by atoms with Gasteiger partial charge < -0.3 is 15.4 Å². The van der Waals surface area contributed by atoms with Gasteiger partial charge in [-0.05, 0) is 37.3 Å². The van der Waals surface area contributed by atoms with Gasteiger partial charge in [0, 0.05) is 29.8 Å². The molecule has 1 aromatic carbocycles. The third kappa shape index (κ3) is 4.43. The van der Waals surface area contributed by atoms with Crippen LogP contribution in [-0.4, -0.2) is 37.4 Å². The monoisotopic (exact) mass is 436 g/mol. The standard InChI is InChI=1S/C20H25FN4O4S/c1-2-7-22-20(26)29-14-5-3-12(8-14)17-9-18(25-24-17)23-16-6-4-13-10-30(27,28)11-15(13)19(16)21/h4,6,9,12,14H,2-3,5,7-8,10-11H2,1H3,(H,22,26)(H2,23,24,25)/t12-,14?/m1/s1. The van der Waals surface area contributed by atoms with E-state index in [0.29, 0.717) is 24.3 Å². The second-order valence-corrected chi connectivity index (χ2v) is 9.96. The lowest BCUT2D eigenvalue weighted by Gasteiger charge is -2.12. The quantitative estimate of drug-likeness (QED) is 0.639. The number of halogens is 1. The number of nitrogens with zero attached hydrogens (tertiary/aromatic N) is 1. The number of sulfone groups is 1. The van der Waals surface area contributed by atoms with Gasteiger partial charge in [-0.25, -0.2) is 17.6 Å². The average Bonchev–Trinajstić information content (AvgIpc) is 3.40. The van der Waals surface area contributed by atoms with Crippen LogP contribution in [0, 0.1) is 5.82 Å². The lowest BCUT2D eigenvalue weighted by molar-refractivity contribution is 0.100. The van der Waals surface area contributed by atoms with Crippen LogP contribution in [0.5, 0.6) is 0 Å². The van der Waals surface area contributed by atoms with E-state index < -0.39 is 15.7 Å². The van der Waals surface area contributed by atoms with Gasteiger partial charge in [-0.3, -0.25) is 5.10 Å². The third-order valence-electron chi connectivity index (χ3n) is 5.56. The van der Waals surface area contributed by atoms with Crippen LogP contribution in [-0.2, 0) is 26.1 Å². The summed E-state index contributed by atoms with van der Waals surface area (Å²) in [6.45, 7) is 2.57. The minimum absolute atomic E-state index is 0.118. The summed E-state index contributed by atoms with van der Waals surface area (Å²) in [5.74, 6) is -0.314. The fourth-order valence-corrected chi connectivity index (χ4v) is 5.65. The number of rotatable bonds is 6. The van der Waals surface area contributed by atoms with Crippen LogP contribution in [0.1, 0.15) is 55.3 Å². The molecule has 2 aliphatic rings. The third-order valence-corrected chi connectivity index (χ3v) is 7.04. The van der Waals surface area contributed by atoms with Gasteiger partial charge in [0.2, 0.25) is 0 Å². The van der Waals surface area contributed by atoms with Crippen molar-refractivity contribution in [3.63, 3.8) is 0 Å². The van der Waals surface area contributed by atoms with Gasteiger partial charge >= 0.3 is 6.09 Å². The highest BCUT2D eigenvalue weighted by Crippen LogP contribution is 2.37. The van der Waals surface area contributed by atoms with Crippen LogP contribution in [0.2, 0.25) is 0 Å². The summed E-state index contributed by atoms with van der Waals surface area (Å²) in [6, 6.07) is 4.99. The molecule has 0 bridgehead atoms. The number of alkyl carbamates (subject to hydrolysis) is 1. The van der Waals surface area contributed by atoms with Crippen molar-refractivity contribution in [1.82, 2.24) is 15.5 Å². The summed E-state index contributed by atoms with van der Waals surface area (Å²) in [5, 5.41) is 12.8. The van der Waals surface area contributed by atoms with E-state index in [9.17, 15) is 17.6 Å². The first-order valence-corrected chi connectivity index (χ1v) is 11.9. The SMILES string of the molecule is CCCNC(=O)OC1CC[C@@H](c2cc(Nc3ccc4c(c3F)CS(=O)(=O)C4)n[nH]2)C1. The number of nitrogens with one attached hydrogen (secondary N) is 3. The molecule has 2 aromatic rings. The number of aromatic nitrogens is 2. The van der Waals surface area contributed by atoms with Gasteiger partial charge in [0.1, 0.15) is 6.10 Å². The molecule has 1 aliphatic heterocycles. The Kier molecular flexibility index (Phi) is 5.68. The van der Waals surface area contributed by atoms with Crippen LogP contribution in [0.15, 0.2) is 18.2 Å². The first-order valence-electron chi connectivity index (χ1n) is 10.1. The Labute approximate surface area is 174 Å². The molecule has 1 fully saturated rings. The van der Waals surface area contributed by atoms with Gasteiger partial charge in [-0.1, -0.05) is 13.0 Å². The highest BCUT2D eigenvalue weighted by Gasteiger charge is 2.31. The van der Waals surface area contributed by atoms with Crippen LogP contribution in [0.3, 0.4) is 0 Å². The number of carbonyl (C=O) groups is 1. The number of H-pyrrole nitrogens is 1. The van der Waals surface area contributed by atoms with Crippen molar-refractivity contribution in [1.29, 1.82) is 0 Å². The summed E-state index contributed by atoms with van der Waals surface area (Å²) >= 11 is 0. The minimum atomic E-state index is -3.27. The number of hydrogen-bond donors (Lipinski definition) is 3. The summed E-state index contributed by atoms with van der Waals surface area (Å²) in [5.41, 5.74) is 1.83. The van der Waals surface area contributed by atoms with Crippen LogP contribution < -0.4 is 10.6 Å². The summed E-state index contributed by atoms with van der Waals surface area (Å²) in [4.78, 5) is 11.7. The Hall–Kier alpha value is -2.62. The second-order valence-electron chi connectivity index (χ2n) is 7.89. The van der Waals surface area contributed by atoms with E-state index in [2.05, 4.69) is 20.8 Å². The molecular weight excluding hydrogens is 411 g/mol. The second kappa shape index (κ2) is 8.25. The highest BCUT2D eigenvalue weighted by molar-refractivity contribution is 7.90. The molecule has 1 unspecified atom stereocenters. The van der Waals surface area contributed by atoms with Gasteiger partial charge in [-0.15, -0.1) is 0 Å². The molecule has 2 atom stereocenters. The van der Waals surface area contributed by atoms with E-state index in [-0.39, 0.29) is 40.9 Å². The Morgan fingerprint density at radius 3 is 2.97 bits per heavy atom. The fraction of sp³-hybridized carbons (Fsp3) is 0.500. The van der Waals surface area contributed by atoms with Crippen molar-refractivity contribution in [3.8, 4) is 0 Å². The number of anilines is 2. The molecule has 0 spiro atoms. The maximum Gasteiger partial charge on any atom is 0.407 e. The van der Waals surface area contributed by atoms with E-state index in [0.717, 1.165) is 25.0 Å². The molecule has 0 saturated heterocycles. The first-order chi connectivity index (χ1) is 14.3. The maximum atomic E-state index is 14.8.